The lowest BCUT2D eigenvalue weighted by molar-refractivity contribution is 0.0958. The van der Waals surface area contributed by atoms with E-state index in [9.17, 15) is 9.18 Å². The lowest BCUT2D eigenvalue weighted by atomic mass is 10.2. The molecule has 0 spiro atoms. The maximum Gasteiger partial charge on any atom is 0.283 e. The van der Waals surface area contributed by atoms with Crippen LogP contribution in [0.2, 0.25) is 0 Å². The van der Waals surface area contributed by atoms with Gasteiger partial charge in [0.15, 0.2) is 5.13 Å². The van der Waals surface area contributed by atoms with E-state index in [0.717, 1.165) is 16.9 Å². The Morgan fingerprint density at radius 3 is 2.74 bits per heavy atom. The highest BCUT2D eigenvalue weighted by Gasteiger charge is 2.13. The van der Waals surface area contributed by atoms with E-state index in [2.05, 4.69) is 15.5 Å². The van der Waals surface area contributed by atoms with Crippen LogP contribution in [0.3, 0.4) is 0 Å². The molecule has 6 nitrogen and oxygen atoms in total. The average Bonchev–Trinajstić information content (AvgIpc) is 3.00. The van der Waals surface area contributed by atoms with Gasteiger partial charge in [0.25, 0.3) is 5.91 Å². The van der Waals surface area contributed by atoms with Crippen molar-refractivity contribution in [3.05, 3.63) is 76.0 Å². The molecule has 0 saturated carbocycles. The predicted octanol–water partition coefficient (Wildman–Crippen LogP) is 3.52. The number of ether oxygens (including phenoxy) is 1. The van der Waals surface area contributed by atoms with E-state index in [1.807, 2.05) is 18.2 Å². The number of aryl methyl sites for hydroxylation is 1. The Labute approximate surface area is 159 Å². The molecule has 0 saturated heterocycles. The van der Waals surface area contributed by atoms with Gasteiger partial charge in [0.05, 0.1) is 11.9 Å². The van der Waals surface area contributed by atoms with E-state index in [-0.39, 0.29) is 18.3 Å². The Balaban J connectivity index is 1.64. The number of nitrogens with zero attached hydrogens (tertiary/aromatic N) is 2. The van der Waals surface area contributed by atoms with Crippen molar-refractivity contribution in [2.45, 2.75) is 13.5 Å². The van der Waals surface area contributed by atoms with E-state index < -0.39 is 0 Å². The maximum absolute atomic E-state index is 13.0. The highest BCUT2D eigenvalue weighted by molar-refractivity contribution is 7.17. The van der Waals surface area contributed by atoms with Crippen LogP contribution < -0.4 is 15.9 Å². The lowest BCUT2D eigenvalue weighted by Gasteiger charge is -2.09. The second kappa shape index (κ2) is 8.41. The molecule has 0 unspecified atom stereocenters. The van der Waals surface area contributed by atoms with Crippen LogP contribution >= 0.6 is 11.3 Å². The zero-order valence-corrected chi connectivity index (χ0v) is 15.3. The van der Waals surface area contributed by atoms with Gasteiger partial charge in [0, 0.05) is 5.56 Å². The first-order valence-electron chi connectivity index (χ1n) is 8.05. The number of carbonyl (C=O) groups excluding carboxylic acids is 1. The molecule has 1 amide bonds. The normalized spacial score (nSPS) is 10.9. The van der Waals surface area contributed by atoms with Gasteiger partial charge in [0.1, 0.15) is 23.1 Å². The van der Waals surface area contributed by atoms with Crippen LogP contribution in [0.5, 0.6) is 5.75 Å². The van der Waals surface area contributed by atoms with Gasteiger partial charge in [-0.2, -0.15) is 5.10 Å². The number of para-hydroxylation sites is 1. The van der Waals surface area contributed by atoms with Crippen molar-refractivity contribution in [3.8, 4) is 5.75 Å². The Morgan fingerprint density at radius 1 is 1.30 bits per heavy atom. The lowest BCUT2D eigenvalue weighted by Crippen LogP contribution is -2.17. The molecule has 1 heterocycles. The smallest absolute Gasteiger partial charge is 0.283 e. The molecule has 2 aromatic carbocycles. The summed E-state index contributed by atoms with van der Waals surface area (Å²) < 4.78 is 18.7. The standard InChI is InChI=1S/C19H17FN4O2S/c1-12-17(27-19(21)23-12)18(25)24-22-10-14-4-2-3-5-16(14)26-11-13-6-8-15(20)9-7-13/h2-10H,11H2,1H3,(H2,21,23)(H,24,25)/b22-10-. The number of nitrogens with two attached hydrogens (primary N) is 1. The molecule has 8 heteroatoms. The van der Waals surface area contributed by atoms with Crippen molar-refractivity contribution in [3.63, 3.8) is 0 Å². The third-order valence-corrected chi connectivity index (χ3v) is 4.60. The van der Waals surface area contributed by atoms with Gasteiger partial charge in [-0.05, 0) is 36.8 Å². The summed E-state index contributed by atoms with van der Waals surface area (Å²) in [4.78, 5) is 16.6. The van der Waals surface area contributed by atoms with Crippen molar-refractivity contribution < 1.29 is 13.9 Å². The molecule has 0 radical (unpaired) electrons. The molecular weight excluding hydrogens is 367 g/mol. The highest BCUT2D eigenvalue weighted by Crippen LogP contribution is 2.20. The van der Waals surface area contributed by atoms with Crippen LogP contribution in [0, 0.1) is 12.7 Å². The quantitative estimate of drug-likeness (QED) is 0.503. The van der Waals surface area contributed by atoms with E-state index in [1.165, 1.54) is 18.3 Å². The highest BCUT2D eigenvalue weighted by atomic mass is 32.1. The van der Waals surface area contributed by atoms with Gasteiger partial charge in [0.2, 0.25) is 0 Å². The molecular formula is C19H17FN4O2S. The molecule has 1 aromatic heterocycles. The zero-order chi connectivity index (χ0) is 19.2. The number of hydrogen-bond donors (Lipinski definition) is 2. The third kappa shape index (κ3) is 4.89. The number of thiazole rings is 1. The van der Waals surface area contributed by atoms with Gasteiger partial charge >= 0.3 is 0 Å². The molecule has 138 valence electrons. The first-order valence-corrected chi connectivity index (χ1v) is 8.87. The summed E-state index contributed by atoms with van der Waals surface area (Å²) in [6.45, 7) is 2.00. The summed E-state index contributed by atoms with van der Waals surface area (Å²) in [6, 6.07) is 13.4. The first-order chi connectivity index (χ1) is 13.0. The summed E-state index contributed by atoms with van der Waals surface area (Å²) >= 11 is 1.11. The molecule has 3 rings (SSSR count). The topological polar surface area (TPSA) is 89.6 Å². The molecule has 0 aliphatic carbocycles. The molecule has 3 N–H and O–H groups in total. The van der Waals surface area contributed by atoms with Gasteiger partial charge in [-0.25, -0.2) is 14.8 Å². The number of amides is 1. The molecule has 0 bridgehead atoms. The molecule has 0 atom stereocenters. The van der Waals surface area contributed by atoms with Crippen LogP contribution in [-0.2, 0) is 6.61 Å². The number of benzene rings is 2. The number of carbonyl (C=O) groups is 1. The Kier molecular flexibility index (Phi) is 5.77. The number of rotatable bonds is 6. The summed E-state index contributed by atoms with van der Waals surface area (Å²) in [6.07, 6.45) is 1.50. The third-order valence-electron chi connectivity index (χ3n) is 3.62. The van der Waals surface area contributed by atoms with Crippen molar-refractivity contribution in [1.29, 1.82) is 0 Å². The average molecular weight is 384 g/mol. The predicted molar refractivity (Wildman–Crippen MR) is 103 cm³/mol. The monoisotopic (exact) mass is 384 g/mol. The summed E-state index contributed by atoms with van der Waals surface area (Å²) in [5.74, 6) is -0.0688. The van der Waals surface area contributed by atoms with Gasteiger partial charge in [-0.1, -0.05) is 35.6 Å². The minimum atomic E-state index is -0.373. The van der Waals surface area contributed by atoms with Gasteiger partial charge in [-0.15, -0.1) is 0 Å². The molecule has 27 heavy (non-hydrogen) atoms. The molecule has 0 aliphatic rings. The van der Waals surface area contributed by atoms with Crippen LogP contribution in [0.4, 0.5) is 9.52 Å². The minimum absolute atomic E-state index is 0.289. The molecule has 3 aromatic rings. The minimum Gasteiger partial charge on any atom is -0.488 e. The van der Waals surface area contributed by atoms with E-state index in [4.69, 9.17) is 10.5 Å². The maximum atomic E-state index is 13.0. The van der Waals surface area contributed by atoms with Crippen LogP contribution in [-0.4, -0.2) is 17.1 Å². The summed E-state index contributed by atoms with van der Waals surface area (Å²) in [7, 11) is 0. The van der Waals surface area contributed by atoms with Crippen molar-refractivity contribution in [1.82, 2.24) is 10.4 Å². The number of aromatic nitrogens is 1. The molecule has 0 fully saturated rings. The summed E-state index contributed by atoms with van der Waals surface area (Å²) in [5.41, 5.74) is 10.2. The second-order valence-corrected chi connectivity index (χ2v) is 6.65. The van der Waals surface area contributed by atoms with Crippen molar-refractivity contribution in [2.75, 3.05) is 5.73 Å². The van der Waals surface area contributed by atoms with E-state index in [1.54, 1.807) is 25.1 Å². The number of nitrogen functional groups attached to an aromatic ring is 1. The number of hydrazone groups is 1. The van der Waals surface area contributed by atoms with Gasteiger partial charge < -0.3 is 10.5 Å². The second-order valence-electron chi connectivity index (χ2n) is 5.62. The number of nitrogens with one attached hydrogen (secondary N) is 1. The van der Waals surface area contributed by atoms with Crippen molar-refractivity contribution >= 4 is 28.6 Å². The fraction of sp³-hybridized carbons (Fsp3) is 0.105. The van der Waals surface area contributed by atoms with Crippen LogP contribution in [0.1, 0.15) is 26.5 Å². The largest absolute Gasteiger partial charge is 0.488 e. The van der Waals surface area contributed by atoms with Crippen LogP contribution in [0.15, 0.2) is 53.6 Å². The molecule has 0 aliphatic heterocycles. The Morgan fingerprint density at radius 2 is 2.04 bits per heavy atom. The number of anilines is 1. The zero-order valence-electron chi connectivity index (χ0n) is 14.5. The SMILES string of the molecule is Cc1nc(N)sc1C(=O)N/N=C\c1ccccc1OCc1ccc(F)cc1. The fourth-order valence-electron chi connectivity index (χ4n) is 2.30. The number of halogens is 1. The fourth-order valence-corrected chi connectivity index (χ4v) is 3.02. The Bertz CT molecular complexity index is 970. The number of hydrogen-bond acceptors (Lipinski definition) is 6. The Hall–Kier alpha value is -3.26. The van der Waals surface area contributed by atoms with Gasteiger partial charge in [-0.3, -0.25) is 4.79 Å². The summed E-state index contributed by atoms with van der Waals surface area (Å²) in [5, 5.41) is 4.31. The first kappa shape index (κ1) is 18.5. The van der Waals surface area contributed by atoms with Crippen molar-refractivity contribution in [2.24, 2.45) is 5.10 Å². The van der Waals surface area contributed by atoms with E-state index >= 15 is 0 Å². The van der Waals surface area contributed by atoms with E-state index in [0.29, 0.717) is 27.0 Å². The van der Waals surface area contributed by atoms with Crippen LogP contribution in [0.25, 0.3) is 0 Å².